The number of aromatic hydroxyl groups is 1. The summed E-state index contributed by atoms with van der Waals surface area (Å²) in [5.74, 6) is 0.502. The van der Waals surface area contributed by atoms with E-state index in [1.165, 1.54) is 11.1 Å². The monoisotopic (exact) mass is 410 g/mol. The summed E-state index contributed by atoms with van der Waals surface area (Å²) >= 11 is 0. The zero-order chi connectivity index (χ0) is 22.1. The third kappa shape index (κ3) is 7.17. The molecule has 0 bridgehead atoms. The molecule has 2 rings (SSSR count). The number of hydrogen-bond donors (Lipinski definition) is 2. The van der Waals surface area contributed by atoms with Gasteiger partial charge in [0.25, 0.3) is 0 Å². The Balaban J connectivity index is 2.25. The Morgan fingerprint density at radius 2 is 1.70 bits per heavy atom. The van der Waals surface area contributed by atoms with Gasteiger partial charge in [0.05, 0.1) is 0 Å². The van der Waals surface area contributed by atoms with Crippen LogP contribution in [0.25, 0.3) is 0 Å². The summed E-state index contributed by atoms with van der Waals surface area (Å²) in [6.07, 6.45) is 2.71. The molecule has 0 saturated carbocycles. The van der Waals surface area contributed by atoms with Gasteiger partial charge in [-0.2, -0.15) is 0 Å². The van der Waals surface area contributed by atoms with Crippen LogP contribution in [0.1, 0.15) is 70.1 Å². The highest BCUT2D eigenvalue weighted by Gasteiger charge is 2.21. The maximum atomic E-state index is 11.1. The van der Waals surface area contributed by atoms with Gasteiger partial charge in [-0.15, -0.1) is 0 Å². The number of phenols is 1. The van der Waals surface area contributed by atoms with Gasteiger partial charge in [-0.25, -0.2) is 0 Å². The van der Waals surface area contributed by atoms with E-state index in [4.69, 9.17) is 0 Å². The molecular weight excluding hydrogens is 372 g/mol. The zero-order valence-electron chi connectivity index (χ0n) is 19.2. The number of nitrogens with zero attached hydrogens (tertiary/aromatic N) is 1. The molecule has 30 heavy (non-hydrogen) atoms. The highest BCUT2D eigenvalue weighted by Crippen LogP contribution is 2.35. The molecule has 0 saturated heterocycles. The molecule has 1 amide bonds. The minimum absolute atomic E-state index is 0.00500. The second-order valence-electron chi connectivity index (χ2n) is 8.66. The molecule has 0 radical (unpaired) electrons. The average molecular weight is 411 g/mol. The van der Waals surface area contributed by atoms with Gasteiger partial charge in [-0.1, -0.05) is 42.5 Å². The predicted molar refractivity (Wildman–Crippen MR) is 125 cm³/mol. The third-order valence-electron chi connectivity index (χ3n) is 5.69. The van der Waals surface area contributed by atoms with Crippen molar-refractivity contribution in [1.29, 1.82) is 0 Å². The molecule has 0 aliphatic rings. The minimum atomic E-state index is 0.00500. The number of carbonyl (C=O) groups is 1. The van der Waals surface area contributed by atoms with Crippen molar-refractivity contribution in [1.82, 2.24) is 10.2 Å². The SMILES string of the molecule is CC(=O)NCCCc1ccc(O)c([C@H](CCN(C(C)C)C(C)C)c2ccccc2)c1. The molecule has 0 unspecified atom stereocenters. The number of rotatable bonds is 11. The normalized spacial score (nSPS) is 12.5. The van der Waals surface area contributed by atoms with E-state index < -0.39 is 0 Å². The number of aryl methyl sites for hydroxylation is 1. The van der Waals surface area contributed by atoms with E-state index in [0.717, 1.165) is 31.4 Å². The summed E-state index contributed by atoms with van der Waals surface area (Å²) in [7, 11) is 0. The van der Waals surface area contributed by atoms with E-state index in [1.807, 2.05) is 18.2 Å². The topological polar surface area (TPSA) is 52.6 Å². The van der Waals surface area contributed by atoms with Crippen molar-refractivity contribution >= 4 is 5.91 Å². The van der Waals surface area contributed by atoms with Gasteiger partial charge in [0.15, 0.2) is 0 Å². The summed E-state index contributed by atoms with van der Waals surface area (Å²) < 4.78 is 0. The minimum Gasteiger partial charge on any atom is -0.508 e. The van der Waals surface area contributed by atoms with Gasteiger partial charge in [0.1, 0.15) is 5.75 Å². The van der Waals surface area contributed by atoms with Crippen LogP contribution in [-0.4, -0.2) is 41.1 Å². The molecule has 0 heterocycles. The molecule has 2 N–H and O–H groups in total. The number of benzene rings is 2. The summed E-state index contributed by atoms with van der Waals surface area (Å²) in [6, 6.07) is 17.4. The van der Waals surface area contributed by atoms with Crippen molar-refractivity contribution in [2.24, 2.45) is 0 Å². The van der Waals surface area contributed by atoms with Crippen molar-refractivity contribution in [2.75, 3.05) is 13.1 Å². The zero-order valence-corrected chi connectivity index (χ0v) is 19.2. The van der Waals surface area contributed by atoms with Crippen molar-refractivity contribution in [3.63, 3.8) is 0 Å². The van der Waals surface area contributed by atoms with E-state index in [1.54, 1.807) is 6.92 Å². The predicted octanol–water partition coefficient (Wildman–Crippen LogP) is 5.10. The van der Waals surface area contributed by atoms with Crippen molar-refractivity contribution in [3.8, 4) is 5.75 Å². The fourth-order valence-electron chi connectivity index (χ4n) is 4.17. The Labute approximate surface area is 182 Å². The fourth-order valence-corrected chi connectivity index (χ4v) is 4.17. The van der Waals surface area contributed by atoms with Gasteiger partial charge in [-0.05, 0) is 70.7 Å². The quantitative estimate of drug-likeness (QED) is 0.507. The Bertz CT molecular complexity index is 779. The number of hydrogen-bond acceptors (Lipinski definition) is 3. The van der Waals surface area contributed by atoms with Crippen LogP contribution in [0.2, 0.25) is 0 Å². The standard InChI is InChI=1S/C26H38N2O2/c1-19(2)28(20(3)4)17-15-24(23-11-7-6-8-12-23)25-18-22(13-14-26(25)30)10-9-16-27-21(5)29/h6-8,11-14,18-20,24,30H,9-10,15-17H2,1-5H3,(H,27,29)/t24-/m1/s1. The van der Waals surface area contributed by atoms with Crippen LogP contribution in [0.4, 0.5) is 0 Å². The molecule has 0 aliphatic carbocycles. The summed E-state index contributed by atoms with van der Waals surface area (Å²) in [6.45, 7) is 12.2. The van der Waals surface area contributed by atoms with Crippen molar-refractivity contribution in [3.05, 3.63) is 65.2 Å². The summed E-state index contributed by atoms with van der Waals surface area (Å²) in [4.78, 5) is 13.6. The third-order valence-corrected chi connectivity index (χ3v) is 5.69. The second kappa shape index (κ2) is 11.8. The second-order valence-corrected chi connectivity index (χ2v) is 8.66. The van der Waals surface area contributed by atoms with Crippen molar-refractivity contribution < 1.29 is 9.90 Å². The summed E-state index contributed by atoms with van der Waals surface area (Å²) in [5, 5.41) is 13.6. The van der Waals surface area contributed by atoms with Crippen molar-refractivity contribution in [2.45, 2.75) is 71.9 Å². The van der Waals surface area contributed by atoms with Crippen LogP contribution in [0, 0.1) is 0 Å². The van der Waals surface area contributed by atoms with E-state index in [0.29, 0.717) is 24.4 Å². The lowest BCUT2D eigenvalue weighted by molar-refractivity contribution is -0.118. The highest BCUT2D eigenvalue weighted by atomic mass is 16.3. The fraction of sp³-hybridized carbons (Fsp3) is 0.500. The lowest BCUT2D eigenvalue weighted by atomic mass is 9.86. The molecular formula is C26H38N2O2. The Kier molecular flexibility index (Phi) is 9.38. The molecule has 4 nitrogen and oxygen atoms in total. The number of phenolic OH excluding ortho intramolecular Hbond substituents is 1. The first-order chi connectivity index (χ1) is 14.3. The van der Waals surface area contributed by atoms with E-state index in [2.05, 4.69) is 68.2 Å². The van der Waals surface area contributed by atoms with Crippen LogP contribution >= 0.6 is 0 Å². The number of amides is 1. The van der Waals surface area contributed by atoms with Gasteiger partial charge in [-0.3, -0.25) is 9.69 Å². The first-order valence-electron chi connectivity index (χ1n) is 11.2. The summed E-state index contributed by atoms with van der Waals surface area (Å²) in [5.41, 5.74) is 3.42. The van der Waals surface area contributed by atoms with Gasteiger partial charge >= 0.3 is 0 Å². The van der Waals surface area contributed by atoms with Gasteiger partial charge in [0.2, 0.25) is 5.91 Å². The number of carbonyl (C=O) groups excluding carboxylic acids is 1. The molecule has 4 heteroatoms. The molecule has 164 valence electrons. The molecule has 0 aromatic heterocycles. The van der Waals surface area contributed by atoms with Crippen LogP contribution in [0.5, 0.6) is 5.75 Å². The van der Waals surface area contributed by atoms with Gasteiger partial charge < -0.3 is 10.4 Å². The van der Waals surface area contributed by atoms with E-state index >= 15 is 0 Å². The molecule has 1 atom stereocenters. The van der Waals surface area contributed by atoms with Crippen LogP contribution in [0.15, 0.2) is 48.5 Å². The lowest BCUT2D eigenvalue weighted by Gasteiger charge is -2.32. The molecule has 2 aromatic carbocycles. The number of nitrogens with one attached hydrogen (secondary N) is 1. The largest absolute Gasteiger partial charge is 0.508 e. The van der Waals surface area contributed by atoms with E-state index in [-0.39, 0.29) is 11.8 Å². The van der Waals surface area contributed by atoms with E-state index in [9.17, 15) is 9.90 Å². The van der Waals surface area contributed by atoms with Crippen LogP contribution in [-0.2, 0) is 11.2 Å². The van der Waals surface area contributed by atoms with Gasteiger partial charge in [0, 0.05) is 37.0 Å². The Hall–Kier alpha value is -2.33. The molecule has 0 aliphatic heterocycles. The molecule has 0 spiro atoms. The first-order valence-corrected chi connectivity index (χ1v) is 11.2. The maximum absolute atomic E-state index is 11.1. The molecule has 0 fully saturated rings. The lowest BCUT2D eigenvalue weighted by Crippen LogP contribution is -2.38. The highest BCUT2D eigenvalue weighted by molar-refractivity contribution is 5.72. The Morgan fingerprint density at radius 1 is 1.03 bits per heavy atom. The molecule has 2 aromatic rings. The first kappa shape index (κ1) is 23.9. The Morgan fingerprint density at radius 3 is 2.30 bits per heavy atom. The van der Waals surface area contributed by atoms with Crippen LogP contribution in [0.3, 0.4) is 0 Å². The van der Waals surface area contributed by atoms with Crippen LogP contribution < -0.4 is 5.32 Å². The smallest absolute Gasteiger partial charge is 0.216 e. The average Bonchev–Trinajstić information content (AvgIpc) is 2.70. The maximum Gasteiger partial charge on any atom is 0.216 e.